The molecule has 3 N–H and O–H groups in total. The van der Waals surface area contributed by atoms with Crippen molar-refractivity contribution in [3.8, 4) is 21.1 Å². The maximum atomic E-state index is 12.4. The first-order chi connectivity index (χ1) is 24.3. The third-order valence-electron chi connectivity index (χ3n) is 8.54. The Morgan fingerprint density at radius 1 is 0.765 bits per heavy atom. The van der Waals surface area contributed by atoms with Gasteiger partial charge in [0.15, 0.2) is 0 Å². The molecule has 0 radical (unpaired) electrons. The molecule has 14 heteroatoms. The van der Waals surface area contributed by atoms with Gasteiger partial charge < -0.3 is 25.6 Å². The van der Waals surface area contributed by atoms with Crippen molar-refractivity contribution in [2.75, 3.05) is 24.1 Å². The van der Waals surface area contributed by atoms with Crippen molar-refractivity contribution in [2.45, 2.75) is 66.2 Å². The van der Waals surface area contributed by atoms with Crippen molar-refractivity contribution in [1.29, 1.82) is 0 Å². The van der Waals surface area contributed by atoms with Crippen LogP contribution in [0, 0.1) is 0 Å². The number of thiophene rings is 2. The van der Waals surface area contributed by atoms with Crippen LogP contribution in [0.2, 0.25) is 0 Å². The zero-order valence-electron chi connectivity index (χ0n) is 29.0. The Morgan fingerprint density at radius 3 is 1.86 bits per heavy atom. The number of nitrogens with zero attached hydrogens (tertiary/aromatic N) is 4. The summed E-state index contributed by atoms with van der Waals surface area (Å²) >= 11 is 6.42. The lowest BCUT2D eigenvalue weighted by Crippen LogP contribution is -2.39. The Kier molecular flexibility index (Phi) is 9.61. The second-order valence-corrected chi connectivity index (χ2v) is 17.8. The number of benzene rings is 2. The van der Waals surface area contributed by atoms with E-state index in [1.54, 1.807) is 57.2 Å². The fourth-order valence-electron chi connectivity index (χ4n) is 6.25. The summed E-state index contributed by atoms with van der Waals surface area (Å²) in [6, 6.07) is 16.2. The summed E-state index contributed by atoms with van der Waals surface area (Å²) in [5.74, 6) is -0.00829. The van der Waals surface area contributed by atoms with Crippen molar-refractivity contribution in [3.63, 3.8) is 0 Å². The number of nitrogen functional groups attached to an aromatic ring is 1. The number of hydrogen-bond acceptors (Lipinski definition) is 11. The molecule has 2 aromatic carbocycles. The molecule has 0 saturated heterocycles. The first-order valence-corrected chi connectivity index (χ1v) is 19.9. The molecule has 8 rings (SSSR count). The monoisotopic (exact) mass is 758 g/mol. The molecule has 4 aromatic heterocycles. The van der Waals surface area contributed by atoms with Crippen molar-refractivity contribution in [2.24, 2.45) is 0 Å². The lowest BCUT2D eigenvalue weighted by atomic mass is 10.0. The van der Waals surface area contributed by atoms with E-state index < -0.39 is 5.60 Å². The van der Waals surface area contributed by atoms with Gasteiger partial charge in [-0.2, -0.15) is 0 Å². The number of fused-ring (bicyclic) bond motifs is 4. The number of hydrogen-bond donors (Lipinski definition) is 2. The zero-order valence-corrected chi connectivity index (χ0v) is 32.3. The Bertz CT molecular complexity index is 2230. The summed E-state index contributed by atoms with van der Waals surface area (Å²) < 4.78 is 7.80. The number of carbonyl (C=O) groups excluding carboxylic acids is 3. The Hall–Kier alpha value is -4.37. The van der Waals surface area contributed by atoms with Crippen molar-refractivity contribution in [1.82, 2.24) is 19.8 Å². The maximum Gasteiger partial charge on any atom is 0.410 e. The van der Waals surface area contributed by atoms with Gasteiger partial charge in [0, 0.05) is 47.8 Å². The molecule has 6 heterocycles. The van der Waals surface area contributed by atoms with Crippen LogP contribution in [0.5, 0.6) is 0 Å². The number of nitrogens with one attached hydrogen (secondary N) is 1. The van der Waals surface area contributed by atoms with E-state index in [1.165, 1.54) is 18.1 Å². The van der Waals surface area contributed by atoms with Gasteiger partial charge in [0.25, 0.3) is 0 Å². The van der Waals surface area contributed by atoms with E-state index in [2.05, 4.69) is 17.4 Å². The molecule has 264 valence electrons. The Balaban J connectivity index is 0.000000159. The smallest absolute Gasteiger partial charge is 0.410 e. The number of ether oxygens (including phenoxy) is 1. The highest BCUT2D eigenvalue weighted by Gasteiger charge is 2.31. The number of rotatable bonds is 3. The number of nitrogens with two attached hydrogens (primary N) is 1. The van der Waals surface area contributed by atoms with E-state index in [0.717, 1.165) is 74.2 Å². The summed E-state index contributed by atoms with van der Waals surface area (Å²) in [6.45, 7) is 11.3. The highest BCUT2D eigenvalue weighted by atomic mass is 32.1. The number of thiazole rings is 2. The number of amides is 3. The van der Waals surface area contributed by atoms with E-state index in [-0.39, 0.29) is 17.9 Å². The average molecular weight is 759 g/mol. The van der Waals surface area contributed by atoms with E-state index >= 15 is 0 Å². The van der Waals surface area contributed by atoms with E-state index in [0.29, 0.717) is 26.2 Å². The molecule has 3 amide bonds. The highest BCUT2D eigenvalue weighted by molar-refractivity contribution is 7.23. The molecular formula is C37H38N6O4S4. The van der Waals surface area contributed by atoms with Gasteiger partial charge in [-0.05, 0) is 69.0 Å². The highest BCUT2D eigenvalue weighted by Crippen LogP contribution is 2.46. The lowest BCUT2D eigenvalue weighted by Gasteiger charge is -2.30. The molecule has 6 aromatic rings. The summed E-state index contributed by atoms with van der Waals surface area (Å²) in [5.41, 5.74) is 12.3. The van der Waals surface area contributed by atoms with Gasteiger partial charge in [0.2, 0.25) is 11.8 Å². The van der Waals surface area contributed by atoms with Crippen LogP contribution in [-0.4, -0.2) is 56.4 Å². The Morgan fingerprint density at radius 2 is 1.29 bits per heavy atom. The van der Waals surface area contributed by atoms with Crippen LogP contribution in [0.1, 0.15) is 55.5 Å². The van der Waals surface area contributed by atoms with Crippen LogP contribution >= 0.6 is 45.3 Å². The van der Waals surface area contributed by atoms with Gasteiger partial charge in [0.1, 0.15) is 20.6 Å². The minimum atomic E-state index is -0.488. The molecule has 0 unspecified atom stereocenters. The standard InChI is InChI=1S/C19H21N3O2S2.C18H17N3O2S2/c1-19(2,3)24-18(23)22-9-8-11-14(10-22)25-16(20)15(11)17-21-12-6-4-5-7-13(12)26-17;1-10(22)19-17-16(18-20-13-5-3-4-6-14(13)24-18)12-7-8-21(11(2)23)9-15(12)25-17/h4-7H,8-10,20H2,1-3H3;3-6H,7-9H2,1-2H3,(H,19,22). The van der Waals surface area contributed by atoms with Gasteiger partial charge in [-0.15, -0.1) is 45.3 Å². The first-order valence-electron chi connectivity index (χ1n) is 16.6. The van der Waals surface area contributed by atoms with Gasteiger partial charge >= 0.3 is 6.09 Å². The van der Waals surface area contributed by atoms with Crippen LogP contribution in [0.4, 0.5) is 14.8 Å². The molecule has 0 fully saturated rings. The number of aromatic nitrogens is 2. The molecule has 0 atom stereocenters. The fourth-order valence-corrected chi connectivity index (χ4v) is 10.9. The molecule has 0 spiro atoms. The number of anilines is 2. The van der Waals surface area contributed by atoms with Crippen LogP contribution < -0.4 is 11.1 Å². The second-order valence-electron chi connectivity index (χ2n) is 13.4. The van der Waals surface area contributed by atoms with E-state index in [4.69, 9.17) is 20.4 Å². The molecular weight excluding hydrogens is 721 g/mol. The molecule has 0 bridgehead atoms. The first kappa shape index (κ1) is 35.1. The molecule has 10 nitrogen and oxygen atoms in total. The van der Waals surface area contributed by atoms with Gasteiger partial charge in [-0.25, -0.2) is 14.8 Å². The summed E-state index contributed by atoms with van der Waals surface area (Å²) in [5, 5.41) is 6.47. The van der Waals surface area contributed by atoms with Crippen LogP contribution in [0.3, 0.4) is 0 Å². The zero-order chi connectivity index (χ0) is 36.0. The lowest BCUT2D eigenvalue weighted by molar-refractivity contribution is -0.129. The van der Waals surface area contributed by atoms with Crippen LogP contribution in [0.25, 0.3) is 41.6 Å². The van der Waals surface area contributed by atoms with E-state index in [1.807, 2.05) is 62.1 Å². The molecule has 0 saturated carbocycles. The predicted molar refractivity (Wildman–Crippen MR) is 210 cm³/mol. The quantitative estimate of drug-likeness (QED) is 0.185. The predicted octanol–water partition coefficient (Wildman–Crippen LogP) is 8.79. The third kappa shape index (κ3) is 7.36. The molecule has 51 heavy (non-hydrogen) atoms. The molecule has 2 aliphatic rings. The normalized spacial score (nSPS) is 14.1. The molecule has 2 aliphatic heterocycles. The average Bonchev–Trinajstić information content (AvgIpc) is 3.84. The fraction of sp³-hybridized carbons (Fsp3) is 0.324. The topological polar surface area (TPSA) is 131 Å². The number of carbonyl (C=O) groups is 3. The van der Waals surface area contributed by atoms with Crippen molar-refractivity contribution in [3.05, 3.63) is 69.4 Å². The Labute approximate surface area is 311 Å². The van der Waals surface area contributed by atoms with Crippen molar-refractivity contribution < 1.29 is 19.1 Å². The van der Waals surface area contributed by atoms with Gasteiger partial charge in [-0.3, -0.25) is 9.59 Å². The maximum absolute atomic E-state index is 12.4. The second kappa shape index (κ2) is 14.0. The van der Waals surface area contributed by atoms with Crippen molar-refractivity contribution >= 4 is 93.7 Å². The van der Waals surface area contributed by atoms with Crippen LogP contribution in [-0.2, 0) is 40.3 Å². The summed E-state index contributed by atoms with van der Waals surface area (Å²) in [7, 11) is 0. The minimum absolute atomic E-state index is 0.0849. The largest absolute Gasteiger partial charge is 0.444 e. The van der Waals surface area contributed by atoms with E-state index in [9.17, 15) is 14.4 Å². The SMILES string of the molecule is CC(=O)Nc1sc2c(c1-c1nc3ccccc3s1)CCN(C(C)=O)C2.CC(C)(C)OC(=O)N1CCc2c(sc(N)c2-c2nc3ccccc3s2)C1. The van der Waals surface area contributed by atoms with Crippen LogP contribution in [0.15, 0.2) is 48.5 Å². The third-order valence-corrected chi connectivity index (χ3v) is 12.8. The minimum Gasteiger partial charge on any atom is -0.444 e. The molecule has 0 aliphatic carbocycles. The summed E-state index contributed by atoms with van der Waals surface area (Å²) in [6.07, 6.45) is 1.29. The van der Waals surface area contributed by atoms with Gasteiger partial charge in [0.05, 0.1) is 38.5 Å². The van der Waals surface area contributed by atoms with Gasteiger partial charge in [-0.1, -0.05) is 24.3 Å². The number of para-hydroxylation sites is 2. The summed E-state index contributed by atoms with van der Waals surface area (Å²) in [4.78, 5) is 51.2.